The van der Waals surface area contributed by atoms with Crippen molar-refractivity contribution < 1.29 is 14.3 Å². The van der Waals surface area contributed by atoms with Crippen molar-refractivity contribution in [3.05, 3.63) is 0 Å². The van der Waals surface area contributed by atoms with E-state index in [-0.39, 0.29) is 0 Å². The Hall–Kier alpha value is -1.10. The summed E-state index contributed by atoms with van der Waals surface area (Å²) < 4.78 is 5.06. The molecule has 0 aromatic rings. The van der Waals surface area contributed by atoms with Crippen molar-refractivity contribution in [1.29, 1.82) is 0 Å². The van der Waals surface area contributed by atoms with Gasteiger partial charge in [0.15, 0.2) is 6.04 Å². The van der Waals surface area contributed by atoms with Crippen molar-refractivity contribution in [3.63, 3.8) is 0 Å². The van der Waals surface area contributed by atoms with Crippen molar-refractivity contribution in [2.45, 2.75) is 52.2 Å². The van der Waals surface area contributed by atoms with Gasteiger partial charge in [-0.05, 0) is 27.2 Å². The second kappa shape index (κ2) is 6.59. The molecule has 0 spiro atoms. The Kier molecular flexibility index (Phi) is 6.16. The molecule has 0 aliphatic rings. The van der Waals surface area contributed by atoms with Crippen LogP contribution in [0.5, 0.6) is 0 Å². The van der Waals surface area contributed by atoms with Crippen LogP contribution in [0.25, 0.3) is 0 Å². The molecule has 1 amide bonds. The maximum atomic E-state index is 11.8. The van der Waals surface area contributed by atoms with E-state index in [1.54, 1.807) is 27.8 Å². The van der Waals surface area contributed by atoms with Crippen LogP contribution in [0.2, 0.25) is 0 Å². The Morgan fingerprint density at radius 1 is 1.35 bits per heavy atom. The number of ether oxygens (including phenoxy) is 1. The lowest BCUT2D eigenvalue weighted by Crippen LogP contribution is -2.49. The maximum absolute atomic E-state index is 11.8. The van der Waals surface area contributed by atoms with Crippen LogP contribution in [0, 0.1) is 0 Å². The third-order valence-electron chi connectivity index (χ3n) is 2.15. The van der Waals surface area contributed by atoms with Crippen LogP contribution in [0.1, 0.15) is 40.5 Å². The number of likely N-dealkylation sites (N-methyl/N-ethyl adjacent to an activating group) is 1. The normalized spacial score (nSPS) is 13.1. The molecule has 0 bridgehead atoms. The van der Waals surface area contributed by atoms with Gasteiger partial charge in [-0.3, -0.25) is 4.79 Å². The van der Waals surface area contributed by atoms with Crippen LogP contribution in [0.4, 0.5) is 0 Å². The van der Waals surface area contributed by atoms with Crippen molar-refractivity contribution in [3.8, 4) is 0 Å². The van der Waals surface area contributed by atoms with Gasteiger partial charge in [0.2, 0.25) is 0 Å². The van der Waals surface area contributed by atoms with E-state index in [9.17, 15) is 9.59 Å². The fourth-order valence-corrected chi connectivity index (χ4v) is 1.21. The SMILES string of the molecule is CCCCN(C)C(=O)C(N)C(=O)OC(C)(C)C. The average molecular weight is 244 g/mol. The summed E-state index contributed by atoms with van der Waals surface area (Å²) in [7, 11) is 1.64. The molecule has 5 heteroatoms. The first-order chi connectivity index (χ1) is 7.69. The fourth-order valence-electron chi connectivity index (χ4n) is 1.21. The molecule has 0 radical (unpaired) electrons. The molecule has 0 fully saturated rings. The van der Waals surface area contributed by atoms with Gasteiger partial charge in [0, 0.05) is 13.6 Å². The number of amides is 1. The number of hydrogen-bond donors (Lipinski definition) is 1. The summed E-state index contributed by atoms with van der Waals surface area (Å²) in [6.45, 7) is 7.85. The molecule has 5 nitrogen and oxygen atoms in total. The molecule has 1 atom stereocenters. The molecule has 0 heterocycles. The first-order valence-electron chi connectivity index (χ1n) is 5.92. The third-order valence-corrected chi connectivity index (χ3v) is 2.15. The molecular formula is C12H24N2O3. The first-order valence-corrected chi connectivity index (χ1v) is 5.92. The van der Waals surface area contributed by atoms with Gasteiger partial charge >= 0.3 is 5.97 Å². The molecule has 17 heavy (non-hydrogen) atoms. The Labute approximate surface area is 103 Å². The lowest BCUT2D eigenvalue weighted by molar-refractivity contribution is -0.160. The molecule has 0 saturated carbocycles. The smallest absolute Gasteiger partial charge is 0.333 e. The number of carbonyl (C=O) groups is 2. The number of rotatable bonds is 5. The molecule has 0 saturated heterocycles. The predicted molar refractivity (Wildman–Crippen MR) is 66.4 cm³/mol. The summed E-state index contributed by atoms with van der Waals surface area (Å²) in [5.74, 6) is -1.07. The highest BCUT2D eigenvalue weighted by Gasteiger charge is 2.29. The molecule has 1 unspecified atom stereocenters. The van der Waals surface area contributed by atoms with Gasteiger partial charge in [0.1, 0.15) is 5.60 Å². The van der Waals surface area contributed by atoms with Crippen molar-refractivity contribution in [1.82, 2.24) is 4.90 Å². The molecule has 2 N–H and O–H groups in total. The number of hydrogen-bond acceptors (Lipinski definition) is 4. The van der Waals surface area contributed by atoms with Crippen LogP contribution in [0.15, 0.2) is 0 Å². The summed E-state index contributed by atoms with van der Waals surface area (Å²) in [6, 6.07) is -1.23. The maximum Gasteiger partial charge on any atom is 0.333 e. The lowest BCUT2D eigenvalue weighted by atomic mass is 10.2. The zero-order valence-electron chi connectivity index (χ0n) is 11.4. The number of unbranched alkanes of at least 4 members (excludes halogenated alkanes) is 1. The highest BCUT2D eigenvalue weighted by Crippen LogP contribution is 2.08. The predicted octanol–water partition coefficient (Wildman–Crippen LogP) is 0.914. The fraction of sp³-hybridized carbons (Fsp3) is 0.833. The molecular weight excluding hydrogens is 220 g/mol. The summed E-state index contributed by atoms with van der Waals surface area (Å²) in [6.07, 6.45) is 1.88. The van der Waals surface area contributed by atoms with Gasteiger partial charge in [-0.1, -0.05) is 13.3 Å². The van der Waals surface area contributed by atoms with E-state index in [0.29, 0.717) is 6.54 Å². The highest BCUT2D eigenvalue weighted by molar-refractivity contribution is 6.01. The van der Waals surface area contributed by atoms with Crippen molar-refractivity contribution >= 4 is 11.9 Å². The van der Waals surface area contributed by atoms with Crippen LogP contribution in [-0.2, 0) is 14.3 Å². The number of nitrogens with zero attached hydrogens (tertiary/aromatic N) is 1. The number of nitrogens with two attached hydrogens (primary N) is 1. The van der Waals surface area contributed by atoms with Crippen LogP contribution in [-0.4, -0.2) is 42.0 Å². The number of carbonyl (C=O) groups excluding carboxylic acids is 2. The van der Waals surface area contributed by atoms with Gasteiger partial charge in [-0.25, -0.2) is 4.79 Å². The van der Waals surface area contributed by atoms with Crippen molar-refractivity contribution in [2.24, 2.45) is 5.73 Å². The molecule has 0 rings (SSSR count). The average Bonchev–Trinajstić information content (AvgIpc) is 2.21. The third kappa shape index (κ3) is 6.26. The Balaban J connectivity index is 4.34. The molecule has 0 aliphatic heterocycles. The van der Waals surface area contributed by atoms with Gasteiger partial charge in [-0.2, -0.15) is 0 Å². The van der Waals surface area contributed by atoms with E-state index < -0.39 is 23.5 Å². The monoisotopic (exact) mass is 244 g/mol. The van der Waals surface area contributed by atoms with Gasteiger partial charge in [0.05, 0.1) is 0 Å². The van der Waals surface area contributed by atoms with Crippen LogP contribution < -0.4 is 5.73 Å². The molecule has 0 aromatic heterocycles. The van der Waals surface area contributed by atoms with Crippen LogP contribution >= 0.6 is 0 Å². The minimum Gasteiger partial charge on any atom is -0.458 e. The Morgan fingerprint density at radius 2 is 1.88 bits per heavy atom. The zero-order chi connectivity index (χ0) is 13.6. The van der Waals surface area contributed by atoms with Gasteiger partial charge < -0.3 is 15.4 Å². The van der Waals surface area contributed by atoms with Gasteiger partial charge in [-0.15, -0.1) is 0 Å². The molecule has 0 aliphatic carbocycles. The summed E-state index contributed by atoms with van der Waals surface area (Å²) in [5.41, 5.74) is 4.95. The zero-order valence-corrected chi connectivity index (χ0v) is 11.4. The molecule has 0 aromatic carbocycles. The first kappa shape index (κ1) is 15.9. The Morgan fingerprint density at radius 3 is 2.29 bits per heavy atom. The number of esters is 1. The topological polar surface area (TPSA) is 72.6 Å². The van der Waals surface area contributed by atoms with Crippen molar-refractivity contribution in [2.75, 3.05) is 13.6 Å². The minimum atomic E-state index is -1.23. The van der Waals surface area contributed by atoms with Gasteiger partial charge in [0.25, 0.3) is 5.91 Å². The van der Waals surface area contributed by atoms with E-state index in [0.717, 1.165) is 12.8 Å². The minimum absolute atomic E-state index is 0.396. The lowest BCUT2D eigenvalue weighted by Gasteiger charge is -2.24. The van der Waals surface area contributed by atoms with E-state index in [4.69, 9.17) is 10.5 Å². The van der Waals surface area contributed by atoms with E-state index in [1.807, 2.05) is 6.92 Å². The van der Waals surface area contributed by atoms with E-state index >= 15 is 0 Å². The summed E-state index contributed by atoms with van der Waals surface area (Å²) >= 11 is 0. The van der Waals surface area contributed by atoms with E-state index in [1.165, 1.54) is 4.90 Å². The Bertz CT molecular complexity index is 271. The largest absolute Gasteiger partial charge is 0.458 e. The second-order valence-corrected chi connectivity index (χ2v) is 5.12. The van der Waals surface area contributed by atoms with E-state index in [2.05, 4.69) is 0 Å². The highest BCUT2D eigenvalue weighted by atomic mass is 16.6. The van der Waals surface area contributed by atoms with Crippen LogP contribution in [0.3, 0.4) is 0 Å². The standard InChI is InChI=1S/C12H24N2O3/c1-6-7-8-14(5)10(15)9(13)11(16)17-12(2,3)4/h9H,6-8,13H2,1-5H3. The summed E-state index contributed by atoms with van der Waals surface area (Å²) in [4.78, 5) is 24.8. The molecule has 100 valence electrons. The quantitative estimate of drug-likeness (QED) is 0.576. The summed E-state index contributed by atoms with van der Waals surface area (Å²) in [5, 5.41) is 0. The second-order valence-electron chi connectivity index (χ2n) is 5.12.